The minimum atomic E-state index is -0.588. The molecule has 0 aromatic heterocycles. The molecule has 5 nitrogen and oxygen atoms in total. The average Bonchev–Trinajstić information content (AvgIpc) is 2.40. The van der Waals surface area contributed by atoms with E-state index in [0.717, 1.165) is 0 Å². The Bertz CT molecular complexity index is 411. The highest BCUT2D eigenvalue weighted by molar-refractivity contribution is 5.89. The van der Waals surface area contributed by atoms with Crippen molar-refractivity contribution in [1.29, 1.82) is 0 Å². The predicted octanol–water partition coefficient (Wildman–Crippen LogP) is 2.00. The molecular formula is C13H19FN2O3. The van der Waals surface area contributed by atoms with Crippen LogP contribution in [0.2, 0.25) is 0 Å². The first-order chi connectivity index (χ1) is 8.99. The van der Waals surface area contributed by atoms with Crippen LogP contribution in [0.1, 0.15) is 6.92 Å². The quantitative estimate of drug-likeness (QED) is 0.831. The Morgan fingerprint density at radius 1 is 1.32 bits per heavy atom. The summed E-state index contributed by atoms with van der Waals surface area (Å²) in [5.74, 6) is -0.349. The number of amides is 2. The lowest BCUT2D eigenvalue weighted by Gasteiger charge is -2.27. The third kappa shape index (κ3) is 5.23. The zero-order valence-corrected chi connectivity index (χ0v) is 11.3. The first-order valence-electron chi connectivity index (χ1n) is 5.83. The number of anilines is 1. The van der Waals surface area contributed by atoms with Crippen LogP contribution in [0, 0.1) is 5.82 Å². The molecule has 1 rings (SSSR count). The highest BCUT2D eigenvalue weighted by Gasteiger charge is 2.24. The maximum absolute atomic E-state index is 12.7. The molecule has 1 aromatic carbocycles. The number of benzene rings is 1. The Labute approximate surface area is 112 Å². The smallest absolute Gasteiger partial charge is 0.319 e. The first-order valence-corrected chi connectivity index (χ1v) is 5.83. The fraction of sp³-hybridized carbons (Fsp3) is 0.462. The predicted molar refractivity (Wildman–Crippen MR) is 70.7 cm³/mol. The largest absolute Gasteiger partial charge is 0.382 e. The normalized spacial score (nSPS) is 13.7. The van der Waals surface area contributed by atoms with Gasteiger partial charge in [0.2, 0.25) is 0 Å². The monoisotopic (exact) mass is 270 g/mol. The highest BCUT2D eigenvalue weighted by atomic mass is 19.1. The van der Waals surface area contributed by atoms with E-state index < -0.39 is 5.60 Å². The van der Waals surface area contributed by atoms with Gasteiger partial charge in [0.1, 0.15) is 11.4 Å². The molecule has 0 heterocycles. The summed E-state index contributed by atoms with van der Waals surface area (Å²) < 4.78 is 23.0. The van der Waals surface area contributed by atoms with Crippen molar-refractivity contribution < 1.29 is 18.7 Å². The minimum absolute atomic E-state index is 0.296. The van der Waals surface area contributed by atoms with Crippen molar-refractivity contribution in [2.45, 2.75) is 12.5 Å². The van der Waals surface area contributed by atoms with E-state index >= 15 is 0 Å². The molecule has 2 N–H and O–H groups in total. The van der Waals surface area contributed by atoms with Crippen molar-refractivity contribution in [2.24, 2.45) is 0 Å². The lowest BCUT2D eigenvalue weighted by molar-refractivity contribution is -0.0472. The molecule has 0 radical (unpaired) electrons. The van der Waals surface area contributed by atoms with Gasteiger partial charge in [-0.05, 0) is 31.2 Å². The van der Waals surface area contributed by atoms with Crippen LogP contribution >= 0.6 is 0 Å². The van der Waals surface area contributed by atoms with Gasteiger partial charge >= 0.3 is 6.03 Å². The van der Waals surface area contributed by atoms with Crippen molar-refractivity contribution in [1.82, 2.24) is 5.32 Å². The molecule has 1 atom stereocenters. The second kappa shape index (κ2) is 7.06. The van der Waals surface area contributed by atoms with Crippen LogP contribution in [0.3, 0.4) is 0 Å². The minimum Gasteiger partial charge on any atom is -0.382 e. The van der Waals surface area contributed by atoms with Crippen LogP contribution in [0.4, 0.5) is 14.9 Å². The van der Waals surface area contributed by atoms with Crippen molar-refractivity contribution in [3.05, 3.63) is 30.1 Å². The molecule has 19 heavy (non-hydrogen) atoms. The van der Waals surface area contributed by atoms with Crippen LogP contribution in [0.5, 0.6) is 0 Å². The number of ether oxygens (including phenoxy) is 2. The van der Waals surface area contributed by atoms with E-state index in [0.29, 0.717) is 18.8 Å². The van der Waals surface area contributed by atoms with Gasteiger partial charge in [0.05, 0.1) is 13.2 Å². The molecule has 2 amide bonds. The Morgan fingerprint density at radius 3 is 2.47 bits per heavy atom. The summed E-state index contributed by atoms with van der Waals surface area (Å²) in [4.78, 5) is 11.7. The molecule has 0 bridgehead atoms. The van der Waals surface area contributed by atoms with Gasteiger partial charge in [-0.1, -0.05) is 0 Å². The molecule has 0 spiro atoms. The van der Waals surface area contributed by atoms with Crippen LogP contribution < -0.4 is 10.6 Å². The summed E-state index contributed by atoms with van der Waals surface area (Å²) in [5, 5.41) is 5.27. The molecule has 106 valence electrons. The summed E-state index contributed by atoms with van der Waals surface area (Å²) >= 11 is 0. The zero-order chi connectivity index (χ0) is 14.3. The summed E-state index contributed by atoms with van der Waals surface area (Å²) in [6.07, 6.45) is 0. The molecule has 0 saturated heterocycles. The molecule has 1 aromatic rings. The van der Waals surface area contributed by atoms with Gasteiger partial charge < -0.3 is 20.1 Å². The van der Waals surface area contributed by atoms with E-state index in [4.69, 9.17) is 9.47 Å². The molecule has 0 fully saturated rings. The standard InChI is InChI=1S/C13H19FN2O3/c1-13(19-3,9-18-2)8-15-12(17)16-11-6-4-10(14)5-7-11/h4-7H,8-9H2,1-3H3,(H2,15,16,17)/t13-/m1/s1. The van der Waals surface area contributed by atoms with Crippen LogP contribution in [-0.2, 0) is 9.47 Å². The molecule has 0 unspecified atom stereocenters. The molecule has 0 aliphatic carbocycles. The third-order valence-corrected chi connectivity index (χ3v) is 2.67. The van der Waals surface area contributed by atoms with Gasteiger partial charge in [0, 0.05) is 19.9 Å². The number of urea groups is 1. The molecule has 0 aliphatic rings. The molecular weight excluding hydrogens is 251 g/mol. The highest BCUT2D eigenvalue weighted by Crippen LogP contribution is 2.09. The van der Waals surface area contributed by atoms with Crippen molar-refractivity contribution in [3.63, 3.8) is 0 Å². The second-order valence-electron chi connectivity index (χ2n) is 4.40. The lowest BCUT2D eigenvalue weighted by atomic mass is 10.1. The summed E-state index contributed by atoms with van der Waals surface area (Å²) in [6, 6.07) is 5.14. The Kier molecular flexibility index (Phi) is 5.72. The van der Waals surface area contributed by atoms with Crippen molar-refractivity contribution in [2.75, 3.05) is 32.7 Å². The third-order valence-electron chi connectivity index (χ3n) is 2.67. The maximum atomic E-state index is 12.7. The molecule has 0 aliphatic heterocycles. The Morgan fingerprint density at radius 2 is 1.95 bits per heavy atom. The van der Waals surface area contributed by atoms with Gasteiger partial charge in [-0.2, -0.15) is 0 Å². The number of hydrogen-bond acceptors (Lipinski definition) is 3. The Balaban J connectivity index is 2.45. The van der Waals surface area contributed by atoms with E-state index in [1.54, 1.807) is 14.2 Å². The summed E-state index contributed by atoms with van der Waals surface area (Å²) in [7, 11) is 3.12. The maximum Gasteiger partial charge on any atom is 0.319 e. The fourth-order valence-corrected chi connectivity index (χ4v) is 1.46. The van der Waals surface area contributed by atoms with Gasteiger partial charge in [0.25, 0.3) is 0 Å². The number of rotatable bonds is 6. The SMILES string of the molecule is COC[C@@](C)(CNC(=O)Nc1ccc(F)cc1)OC. The lowest BCUT2D eigenvalue weighted by Crippen LogP contribution is -2.46. The van der Waals surface area contributed by atoms with Gasteiger partial charge in [-0.25, -0.2) is 9.18 Å². The van der Waals surface area contributed by atoms with E-state index in [1.807, 2.05) is 6.92 Å². The van der Waals surface area contributed by atoms with Gasteiger partial charge in [-0.15, -0.1) is 0 Å². The van der Waals surface area contributed by atoms with Crippen LogP contribution in [0.15, 0.2) is 24.3 Å². The first kappa shape index (κ1) is 15.4. The van der Waals surface area contributed by atoms with Gasteiger partial charge in [-0.3, -0.25) is 0 Å². The van der Waals surface area contributed by atoms with E-state index in [2.05, 4.69) is 10.6 Å². The number of hydrogen-bond donors (Lipinski definition) is 2. The molecule has 6 heteroatoms. The Hall–Kier alpha value is -1.66. The summed E-state index contributed by atoms with van der Waals surface area (Å²) in [6.45, 7) is 2.49. The second-order valence-corrected chi connectivity index (χ2v) is 4.40. The van der Waals surface area contributed by atoms with E-state index in [1.165, 1.54) is 24.3 Å². The van der Waals surface area contributed by atoms with Gasteiger partial charge in [0.15, 0.2) is 0 Å². The van der Waals surface area contributed by atoms with Crippen LogP contribution in [-0.4, -0.2) is 39.0 Å². The van der Waals surface area contributed by atoms with Crippen LogP contribution in [0.25, 0.3) is 0 Å². The van der Waals surface area contributed by atoms with Crippen molar-refractivity contribution in [3.8, 4) is 0 Å². The number of methoxy groups -OCH3 is 2. The number of carbonyl (C=O) groups excluding carboxylic acids is 1. The summed E-state index contributed by atoms with van der Waals surface area (Å²) in [5.41, 5.74) is -0.0701. The van der Waals surface area contributed by atoms with E-state index in [9.17, 15) is 9.18 Å². The number of carbonyl (C=O) groups is 1. The fourth-order valence-electron chi connectivity index (χ4n) is 1.46. The molecule has 0 saturated carbocycles. The zero-order valence-electron chi connectivity index (χ0n) is 11.3. The van der Waals surface area contributed by atoms with Crippen molar-refractivity contribution >= 4 is 11.7 Å². The average molecular weight is 270 g/mol. The number of nitrogens with one attached hydrogen (secondary N) is 2. The topological polar surface area (TPSA) is 59.6 Å². The van der Waals surface area contributed by atoms with E-state index in [-0.39, 0.29) is 11.8 Å². The number of halogens is 1.